The van der Waals surface area contributed by atoms with Crippen molar-refractivity contribution >= 4 is 34.8 Å². The molecule has 2 N–H and O–H groups in total. The first-order valence-corrected chi connectivity index (χ1v) is 5.59. The van der Waals surface area contributed by atoms with E-state index in [1.54, 1.807) is 11.8 Å². The Kier molecular flexibility index (Phi) is 3.62. The van der Waals surface area contributed by atoms with Gasteiger partial charge in [-0.1, -0.05) is 6.92 Å². The van der Waals surface area contributed by atoms with Crippen LogP contribution in [0.25, 0.3) is 0 Å². The van der Waals surface area contributed by atoms with Crippen molar-refractivity contribution in [1.29, 1.82) is 0 Å². The molecular weight excluding hydrogens is 206 g/mol. The third kappa shape index (κ3) is 2.38. The molecule has 3 nitrogen and oxygen atoms in total. The maximum Gasteiger partial charge on any atom is 0.350 e. The number of methoxy groups -OCH3 is 1. The van der Waals surface area contributed by atoms with E-state index >= 15 is 0 Å². The van der Waals surface area contributed by atoms with E-state index in [0.29, 0.717) is 10.6 Å². The van der Waals surface area contributed by atoms with Crippen LogP contribution in [0.15, 0.2) is 10.3 Å². The Morgan fingerprint density at radius 3 is 3.00 bits per heavy atom. The lowest BCUT2D eigenvalue weighted by Crippen LogP contribution is -2.00. The van der Waals surface area contributed by atoms with E-state index in [4.69, 9.17) is 5.73 Å². The van der Waals surface area contributed by atoms with Crippen LogP contribution in [0, 0.1) is 0 Å². The molecule has 1 heterocycles. The molecule has 1 aromatic heterocycles. The molecule has 5 heteroatoms. The number of carbonyl (C=O) groups excluding carboxylic acids is 1. The molecule has 13 heavy (non-hydrogen) atoms. The van der Waals surface area contributed by atoms with Crippen molar-refractivity contribution in [2.45, 2.75) is 11.1 Å². The number of rotatable bonds is 3. The highest BCUT2D eigenvalue weighted by molar-refractivity contribution is 8.01. The summed E-state index contributed by atoms with van der Waals surface area (Å²) in [6, 6.07) is 1.81. The second-order valence-electron chi connectivity index (χ2n) is 2.27. The molecule has 0 aliphatic heterocycles. The molecule has 0 amide bonds. The summed E-state index contributed by atoms with van der Waals surface area (Å²) in [6.07, 6.45) is 0. The fourth-order valence-electron chi connectivity index (χ4n) is 0.847. The minimum Gasteiger partial charge on any atom is -0.465 e. The van der Waals surface area contributed by atoms with Gasteiger partial charge in [-0.25, -0.2) is 4.79 Å². The van der Waals surface area contributed by atoms with Gasteiger partial charge in [0, 0.05) is 0 Å². The van der Waals surface area contributed by atoms with Gasteiger partial charge in [0.15, 0.2) is 0 Å². The van der Waals surface area contributed by atoms with Crippen molar-refractivity contribution in [2.24, 2.45) is 0 Å². The monoisotopic (exact) mass is 217 g/mol. The first-order chi connectivity index (χ1) is 6.19. The zero-order valence-electron chi connectivity index (χ0n) is 7.49. The molecule has 0 aliphatic rings. The van der Waals surface area contributed by atoms with Crippen LogP contribution in [0.1, 0.15) is 16.6 Å². The van der Waals surface area contributed by atoms with Gasteiger partial charge < -0.3 is 10.5 Å². The molecule has 0 aromatic carbocycles. The minimum absolute atomic E-state index is 0.356. The zero-order chi connectivity index (χ0) is 9.84. The minimum atomic E-state index is -0.356. The molecule has 0 spiro atoms. The van der Waals surface area contributed by atoms with Gasteiger partial charge in [-0.2, -0.15) is 0 Å². The average Bonchev–Trinajstić information content (AvgIpc) is 2.46. The number of anilines is 1. The molecular formula is C8H11NO2S2. The third-order valence-electron chi connectivity index (χ3n) is 1.40. The summed E-state index contributed by atoms with van der Waals surface area (Å²) in [5, 5.41) is 0. The summed E-state index contributed by atoms with van der Waals surface area (Å²) >= 11 is 3.05. The molecule has 0 aliphatic carbocycles. The molecule has 0 radical (unpaired) electrons. The topological polar surface area (TPSA) is 52.3 Å². The van der Waals surface area contributed by atoms with Crippen molar-refractivity contribution in [3.63, 3.8) is 0 Å². The zero-order valence-corrected chi connectivity index (χ0v) is 9.13. The average molecular weight is 217 g/mol. The Morgan fingerprint density at radius 1 is 1.77 bits per heavy atom. The number of thioether (sulfide) groups is 1. The lowest BCUT2D eigenvalue weighted by Gasteiger charge is -1.94. The number of hydrogen-bond donors (Lipinski definition) is 1. The van der Waals surface area contributed by atoms with Gasteiger partial charge >= 0.3 is 5.97 Å². The smallest absolute Gasteiger partial charge is 0.350 e. The maximum absolute atomic E-state index is 11.2. The van der Waals surface area contributed by atoms with Crippen molar-refractivity contribution in [1.82, 2.24) is 0 Å². The predicted molar refractivity (Wildman–Crippen MR) is 56.5 cm³/mol. The number of esters is 1. The summed E-state index contributed by atoms with van der Waals surface area (Å²) < 4.78 is 5.65. The largest absolute Gasteiger partial charge is 0.465 e. The van der Waals surface area contributed by atoms with Crippen LogP contribution in [0.4, 0.5) is 5.69 Å². The summed E-state index contributed by atoms with van der Waals surface area (Å²) in [7, 11) is 1.36. The second-order valence-corrected chi connectivity index (χ2v) is 4.89. The lowest BCUT2D eigenvalue weighted by atomic mass is 10.4. The Labute approximate surface area is 85.3 Å². The normalized spacial score (nSPS) is 10.0. The summed E-state index contributed by atoms with van der Waals surface area (Å²) in [5.74, 6) is 0.617. The van der Waals surface area contributed by atoms with E-state index in [0.717, 1.165) is 9.96 Å². The van der Waals surface area contributed by atoms with E-state index < -0.39 is 0 Å². The van der Waals surface area contributed by atoms with E-state index in [9.17, 15) is 4.79 Å². The number of nitrogens with two attached hydrogens (primary N) is 1. The number of ether oxygens (including phenoxy) is 1. The van der Waals surface area contributed by atoms with Crippen molar-refractivity contribution < 1.29 is 9.53 Å². The first kappa shape index (κ1) is 10.4. The van der Waals surface area contributed by atoms with E-state index in [1.165, 1.54) is 18.4 Å². The van der Waals surface area contributed by atoms with Crippen molar-refractivity contribution in [3.05, 3.63) is 10.9 Å². The molecule has 72 valence electrons. The quantitative estimate of drug-likeness (QED) is 0.623. The first-order valence-electron chi connectivity index (χ1n) is 3.79. The summed E-state index contributed by atoms with van der Waals surface area (Å²) in [6.45, 7) is 2.05. The molecule has 0 saturated heterocycles. The highest BCUT2D eigenvalue weighted by Gasteiger charge is 2.14. The fraction of sp³-hybridized carbons (Fsp3) is 0.375. The summed E-state index contributed by atoms with van der Waals surface area (Å²) in [5.41, 5.74) is 6.15. The van der Waals surface area contributed by atoms with Crippen LogP contribution in [0.5, 0.6) is 0 Å². The van der Waals surface area contributed by atoms with E-state index in [1.807, 2.05) is 6.07 Å². The Balaban J connectivity index is 2.89. The molecule has 0 bridgehead atoms. The SMILES string of the molecule is CCSc1cc(N)c(C(=O)OC)s1. The van der Waals surface area contributed by atoms with Crippen LogP contribution >= 0.6 is 23.1 Å². The number of hydrogen-bond acceptors (Lipinski definition) is 5. The van der Waals surface area contributed by atoms with Gasteiger partial charge in [0.1, 0.15) is 4.88 Å². The second kappa shape index (κ2) is 4.53. The maximum atomic E-state index is 11.2. The van der Waals surface area contributed by atoms with Crippen LogP contribution in [0.3, 0.4) is 0 Å². The van der Waals surface area contributed by atoms with Crippen LogP contribution in [-0.4, -0.2) is 18.8 Å². The highest BCUT2D eigenvalue weighted by Crippen LogP contribution is 2.32. The van der Waals surface area contributed by atoms with Gasteiger partial charge in [0.25, 0.3) is 0 Å². The summed E-state index contributed by atoms with van der Waals surface area (Å²) in [4.78, 5) is 11.6. The van der Waals surface area contributed by atoms with Gasteiger partial charge in [-0.15, -0.1) is 23.1 Å². The third-order valence-corrected chi connectivity index (χ3v) is 3.62. The van der Waals surface area contributed by atoms with Gasteiger partial charge in [-0.05, 0) is 11.8 Å². The van der Waals surface area contributed by atoms with Gasteiger partial charge in [0.2, 0.25) is 0 Å². The van der Waals surface area contributed by atoms with E-state index in [2.05, 4.69) is 11.7 Å². The van der Waals surface area contributed by atoms with Crippen LogP contribution in [0.2, 0.25) is 0 Å². The standard InChI is InChI=1S/C8H11NO2S2/c1-3-12-6-4-5(9)7(13-6)8(10)11-2/h4H,3,9H2,1-2H3. The number of thiophene rings is 1. The molecule has 0 saturated carbocycles. The van der Waals surface area contributed by atoms with Gasteiger partial charge in [0.05, 0.1) is 17.0 Å². The van der Waals surface area contributed by atoms with Crippen LogP contribution in [-0.2, 0) is 4.74 Å². The van der Waals surface area contributed by atoms with E-state index in [-0.39, 0.29) is 5.97 Å². The fourth-order valence-corrected chi connectivity index (χ4v) is 2.91. The number of nitrogen functional groups attached to an aromatic ring is 1. The Hall–Kier alpha value is -0.680. The van der Waals surface area contributed by atoms with Crippen molar-refractivity contribution in [2.75, 3.05) is 18.6 Å². The number of carbonyl (C=O) groups is 1. The molecule has 1 aromatic rings. The molecule has 0 fully saturated rings. The molecule has 0 atom stereocenters. The lowest BCUT2D eigenvalue weighted by molar-refractivity contribution is 0.0607. The Bertz CT molecular complexity index is 309. The predicted octanol–water partition coefficient (Wildman–Crippen LogP) is 2.23. The molecule has 0 unspecified atom stereocenters. The van der Waals surface area contributed by atoms with Crippen LogP contribution < -0.4 is 5.73 Å². The van der Waals surface area contributed by atoms with Crippen molar-refractivity contribution in [3.8, 4) is 0 Å². The Morgan fingerprint density at radius 2 is 2.46 bits per heavy atom. The van der Waals surface area contributed by atoms with Gasteiger partial charge in [-0.3, -0.25) is 0 Å². The highest BCUT2D eigenvalue weighted by atomic mass is 32.2. The molecule has 1 rings (SSSR count).